The molecule has 0 N–H and O–H groups in total. The van der Waals surface area contributed by atoms with E-state index in [4.69, 9.17) is 9.47 Å². The molecule has 0 aliphatic rings. The summed E-state index contributed by atoms with van der Waals surface area (Å²) >= 11 is 0. The van der Waals surface area contributed by atoms with Crippen LogP contribution in [-0.4, -0.2) is 30.7 Å². The molecule has 0 saturated carbocycles. The lowest BCUT2D eigenvalue weighted by Crippen LogP contribution is -2.33. The smallest absolute Gasteiger partial charge is 0.164 e. The maximum Gasteiger partial charge on any atom is 0.164 e. The number of ketones is 1. The molecule has 0 saturated heterocycles. The second kappa shape index (κ2) is 7.12. The highest BCUT2D eigenvalue weighted by Crippen LogP contribution is 2.14. The van der Waals surface area contributed by atoms with Crippen LogP contribution in [-0.2, 0) is 14.3 Å². The fraction of sp³-hybridized carbons (Fsp3) is 0.929. The number of Topliss-reactive ketones (excluding diaryl/α,β-unsaturated/α-hetero) is 1. The summed E-state index contributed by atoms with van der Waals surface area (Å²) in [5.41, 5.74) is -0.699. The fourth-order valence-corrected chi connectivity index (χ4v) is 1.36. The zero-order valence-electron chi connectivity index (χ0n) is 12.3. The summed E-state index contributed by atoms with van der Waals surface area (Å²) < 4.78 is 10.8. The normalized spacial score (nSPS) is 12.8. The van der Waals surface area contributed by atoms with Gasteiger partial charge in [-0.1, -0.05) is 6.42 Å². The SMILES string of the molecule is COC(C)(C)C(=O)CCCCCOC(C)(C)C. The minimum Gasteiger partial charge on any atom is -0.376 e. The molecular weight excluding hydrogens is 216 g/mol. The number of unbranched alkanes of at least 4 members (excludes halogenated alkanes) is 2. The summed E-state index contributed by atoms with van der Waals surface area (Å²) in [6.45, 7) is 10.6. The summed E-state index contributed by atoms with van der Waals surface area (Å²) in [6, 6.07) is 0. The van der Waals surface area contributed by atoms with Gasteiger partial charge in [0.2, 0.25) is 0 Å². The molecule has 0 amide bonds. The Morgan fingerprint density at radius 2 is 1.59 bits per heavy atom. The Bertz CT molecular complexity index is 226. The summed E-state index contributed by atoms with van der Waals surface area (Å²) in [7, 11) is 1.58. The largest absolute Gasteiger partial charge is 0.376 e. The molecule has 0 atom stereocenters. The van der Waals surface area contributed by atoms with Crippen molar-refractivity contribution in [2.24, 2.45) is 0 Å². The van der Waals surface area contributed by atoms with Gasteiger partial charge in [0.25, 0.3) is 0 Å². The van der Waals surface area contributed by atoms with Gasteiger partial charge in [-0.25, -0.2) is 0 Å². The molecule has 0 unspecified atom stereocenters. The third-order valence-electron chi connectivity index (χ3n) is 2.77. The molecule has 0 heterocycles. The van der Waals surface area contributed by atoms with Crippen LogP contribution in [0.2, 0.25) is 0 Å². The summed E-state index contributed by atoms with van der Waals surface area (Å²) in [6.07, 6.45) is 3.55. The number of ether oxygens (including phenoxy) is 2. The Kier molecular flexibility index (Phi) is 6.95. The van der Waals surface area contributed by atoms with Crippen LogP contribution in [0.4, 0.5) is 0 Å². The van der Waals surface area contributed by atoms with Crippen LogP contribution >= 0.6 is 0 Å². The molecule has 0 spiro atoms. The van der Waals surface area contributed by atoms with E-state index in [0.717, 1.165) is 25.9 Å². The molecule has 0 fully saturated rings. The molecule has 0 aromatic carbocycles. The average molecular weight is 244 g/mol. The third-order valence-corrected chi connectivity index (χ3v) is 2.77. The quantitative estimate of drug-likeness (QED) is 0.614. The topological polar surface area (TPSA) is 35.5 Å². The Labute approximate surface area is 106 Å². The van der Waals surface area contributed by atoms with E-state index in [9.17, 15) is 4.79 Å². The van der Waals surface area contributed by atoms with Gasteiger partial charge in [0.1, 0.15) is 5.60 Å². The van der Waals surface area contributed by atoms with E-state index in [-0.39, 0.29) is 11.4 Å². The Morgan fingerprint density at radius 3 is 2.06 bits per heavy atom. The van der Waals surface area contributed by atoms with Crippen LogP contribution in [0.15, 0.2) is 0 Å². The summed E-state index contributed by atoms with van der Waals surface area (Å²) in [5.74, 6) is 0.178. The van der Waals surface area contributed by atoms with Crippen molar-refractivity contribution in [1.29, 1.82) is 0 Å². The number of methoxy groups -OCH3 is 1. The van der Waals surface area contributed by atoms with Crippen LogP contribution in [0.1, 0.15) is 60.3 Å². The number of carbonyl (C=O) groups is 1. The highest BCUT2D eigenvalue weighted by molar-refractivity contribution is 5.86. The van der Waals surface area contributed by atoms with Crippen molar-refractivity contribution in [3.05, 3.63) is 0 Å². The van der Waals surface area contributed by atoms with E-state index in [1.165, 1.54) is 0 Å². The first-order valence-electron chi connectivity index (χ1n) is 6.41. The third kappa shape index (κ3) is 8.33. The summed E-state index contributed by atoms with van der Waals surface area (Å²) in [5, 5.41) is 0. The van der Waals surface area contributed by atoms with Crippen LogP contribution in [0, 0.1) is 0 Å². The zero-order chi connectivity index (χ0) is 13.5. The Morgan fingerprint density at radius 1 is 1.00 bits per heavy atom. The van der Waals surface area contributed by atoms with Crippen molar-refractivity contribution in [1.82, 2.24) is 0 Å². The minimum absolute atomic E-state index is 0.0616. The van der Waals surface area contributed by atoms with Crippen molar-refractivity contribution >= 4 is 5.78 Å². The van der Waals surface area contributed by atoms with E-state index in [1.807, 2.05) is 13.8 Å². The van der Waals surface area contributed by atoms with Gasteiger partial charge in [-0.15, -0.1) is 0 Å². The maximum absolute atomic E-state index is 11.7. The lowest BCUT2D eigenvalue weighted by Gasteiger charge is -2.21. The summed E-state index contributed by atoms with van der Waals surface area (Å²) in [4.78, 5) is 11.7. The highest BCUT2D eigenvalue weighted by atomic mass is 16.5. The molecule has 0 aliphatic carbocycles. The first-order valence-corrected chi connectivity index (χ1v) is 6.41. The van der Waals surface area contributed by atoms with Gasteiger partial charge in [-0.05, 0) is 47.5 Å². The van der Waals surface area contributed by atoms with Crippen molar-refractivity contribution in [3.63, 3.8) is 0 Å². The van der Waals surface area contributed by atoms with Gasteiger partial charge in [0.05, 0.1) is 5.60 Å². The standard InChI is InChI=1S/C14H28O3/c1-13(2,3)17-11-9-7-8-10-12(15)14(4,5)16-6/h7-11H2,1-6H3. The molecule has 0 aromatic heterocycles. The molecule has 0 radical (unpaired) electrons. The molecule has 3 nitrogen and oxygen atoms in total. The molecule has 17 heavy (non-hydrogen) atoms. The van der Waals surface area contributed by atoms with E-state index >= 15 is 0 Å². The van der Waals surface area contributed by atoms with Crippen LogP contribution in [0.5, 0.6) is 0 Å². The fourth-order valence-electron chi connectivity index (χ4n) is 1.36. The van der Waals surface area contributed by atoms with E-state index in [1.54, 1.807) is 7.11 Å². The first kappa shape index (κ1) is 16.6. The number of rotatable bonds is 8. The zero-order valence-corrected chi connectivity index (χ0v) is 12.3. The molecule has 0 aliphatic heterocycles. The molecular formula is C14H28O3. The van der Waals surface area contributed by atoms with Crippen LogP contribution in [0.25, 0.3) is 0 Å². The minimum atomic E-state index is -0.637. The molecule has 0 bridgehead atoms. The molecule has 0 aromatic rings. The van der Waals surface area contributed by atoms with Gasteiger partial charge in [-0.2, -0.15) is 0 Å². The predicted molar refractivity (Wildman–Crippen MR) is 70.3 cm³/mol. The van der Waals surface area contributed by atoms with Crippen molar-refractivity contribution < 1.29 is 14.3 Å². The second-order valence-corrected chi connectivity index (χ2v) is 5.91. The van der Waals surface area contributed by atoms with Gasteiger partial charge in [0.15, 0.2) is 5.78 Å². The van der Waals surface area contributed by atoms with E-state index in [2.05, 4.69) is 20.8 Å². The Balaban J connectivity index is 3.56. The number of hydrogen-bond donors (Lipinski definition) is 0. The second-order valence-electron chi connectivity index (χ2n) is 5.91. The molecule has 0 rings (SSSR count). The first-order chi connectivity index (χ1) is 7.69. The number of carbonyl (C=O) groups excluding carboxylic acids is 1. The monoisotopic (exact) mass is 244 g/mol. The van der Waals surface area contributed by atoms with Gasteiger partial charge in [0, 0.05) is 20.1 Å². The number of hydrogen-bond acceptors (Lipinski definition) is 3. The van der Waals surface area contributed by atoms with Crippen molar-refractivity contribution in [3.8, 4) is 0 Å². The van der Waals surface area contributed by atoms with Crippen LogP contribution < -0.4 is 0 Å². The molecule has 3 heteroatoms. The van der Waals surface area contributed by atoms with Gasteiger partial charge < -0.3 is 9.47 Å². The van der Waals surface area contributed by atoms with E-state index in [0.29, 0.717) is 6.42 Å². The average Bonchev–Trinajstić information content (AvgIpc) is 2.21. The van der Waals surface area contributed by atoms with Crippen molar-refractivity contribution in [2.45, 2.75) is 71.5 Å². The highest BCUT2D eigenvalue weighted by Gasteiger charge is 2.25. The van der Waals surface area contributed by atoms with Crippen molar-refractivity contribution in [2.75, 3.05) is 13.7 Å². The van der Waals surface area contributed by atoms with Crippen LogP contribution in [0.3, 0.4) is 0 Å². The molecule has 102 valence electrons. The predicted octanol–water partition coefficient (Wildman–Crippen LogP) is 3.36. The van der Waals surface area contributed by atoms with E-state index < -0.39 is 5.60 Å². The lowest BCUT2D eigenvalue weighted by molar-refractivity contribution is -0.137. The van der Waals surface area contributed by atoms with Gasteiger partial charge >= 0.3 is 0 Å². The maximum atomic E-state index is 11.7. The Hall–Kier alpha value is -0.410. The lowest BCUT2D eigenvalue weighted by atomic mass is 9.98. The van der Waals surface area contributed by atoms with Gasteiger partial charge in [-0.3, -0.25) is 4.79 Å².